The summed E-state index contributed by atoms with van der Waals surface area (Å²) in [7, 11) is 0. The molecule has 0 N–H and O–H groups in total. The van der Waals surface area contributed by atoms with Crippen LogP contribution in [0.25, 0.3) is 0 Å². The van der Waals surface area contributed by atoms with Gasteiger partial charge in [0, 0.05) is 4.47 Å². The first-order valence-electron chi connectivity index (χ1n) is 5.48. The quantitative estimate of drug-likeness (QED) is 0.699. The summed E-state index contributed by atoms with van der Waals surface area (Å²) in [6.07, 6.45) is -4.41. The van der Waals surface area contributed by atoms with Crippen LogP contribution in [0.1, 0.15) is 11.1 Å². The maximum atomic E-state index is 12.8. The third kappa shape index (κ3) is 3.29. The second kappa shape index (κ2) is 5.25. The molecule has 0 aromatic heterocycles. The van der Waals surface area contributed by atoms with Crippen molar-refractivity contribution in [2.24, 2.45) is 0 Å². The zero-order valence-electron chi connectivity index (χ0n) is 9.96. The van der Waals surface area contributed by atoms with Crippen molar-refractivity contribution in [3.8, 4) is 11.5 Å². The summed E-state index contributed by atoms with van der Waals surface area (Å²) in [5.41, 5.74) is 0.109. The zero-order chi connectivity index (χ0) is 14.0. The highest BCUT2D eigenvalue weighted by atomic mass is 79.9. The number of hydrogen-bond acceptors (Lipinski definition) is 1. The Balaban J connectivity index is 2.35. The van der Waals surface area contributed by atoms with Gasteiger partial charge in [0.2, 0.25) is 0 Å². The molecule has 100 valence electrons. The molecule has 0 aliphatic rings. The summed E-state index contributed by atoms with van der Waals surface area (Å²) in [4.78, 5) is 0. The molecular weight excluding hydrogens is 321 g/mol. The van der Waals surface area contributed by atoms with Crippen LogP contribution in [0.2, 0.25) is 0 Å². The average Bonchev–Trinajstić information content (AvgIpc) is 2.33. The highest BCUT2D eigenvalue weighted by Crippen LogP contribution is 2.38. The lowest BCUT2D eigenvalue weighted by Gasteiger charge is -2.13. The molecule has 0 atom stereocenters. The van der Waals surface area contributed by atoms with Crippen LogP contribution in [0, 0.1) is 6.92 Å². The standard InChI is InChI=1S/C14H10BrF3O/c1-9-4-2-3-5-13(9)19-10-6-7-12(15)11(8-10)14(16,17)18/h2-8H,1H3. The molecule has 0 bridgehead atoms. The molecule has 0 saturated heterocycles. The van der Waals surface area contributed by atoms with Gasteiger partial charge >= 0.3 is 6.18 Å². The van der Waals surface area contributed by atoms with Crippen LogP contribution in [0.3, 0.4) is 0 Å². The molecule has 5 heteroatoms. The van der Waals surface area contributed by atoms with E-state index in [-0.39, 0.29) is 10.2 Å². The van der Waals surface area contributed by atoms with E-state index >= 15 is 0 Å². The molecule has 19 heavy (non-hydrogen) atoms. The first kappa shape index (κ1) is 13.9. The predicted octanol–water partition coefficient (Wildman–Crippen LogP) is 5.57. The van der Waals surface area contributed by atoms with E-state index < -0.39 is 11.7 Å². The predicted molar refractivity (Wildman–Crippen MR) is 70.4 cm³/mol. The average molecular weight is 331 g/mol. The van der Waals surface area contributed by atoms with Crippen molar-refractivity contribution in [1.29, 1.82) is 0 Å². The molecule has 0 heterocycles. The Morgan fingerprint density at radius 2 is 1.74 bits per heavy atom. The van der Waals surface area contributed by atoms with E-state index in [1.165, 1.54) is 12.1 Å². The van der Waals surface area contributed by atoms with Crippen molar-refractivity contribution in [2.75, 3.05) is 0 Å². The van der Waals surface area contributed by atoms with Gasteiger partial charge in [-0.15, -0.1) is 0 Å². The largest absolute Gasteiger partial charge is 0.457 e. The maximum Gasteiger partial charge on any atom is 0.417 e. The van der Waals surface area contributed by atoms with E-state index in [1.54, 1.807) is 12.1 Å². The van der Waals surface area contributed by atoms with Crippen molar-refractivity contribution in [2.45, 2.75) is 13.1 Å². The van der Waals surface area contributed by atoms with Crippen LogP contribution >= 0.6 is 15.9 Å². The van der Waals surface area contributed by atoms with Gasteiger partial charge in [-0.2, -0.15) is 13.2 Å². The van der Waals surface area contributed by atoms with Crippen molar-refractivity contribution in [3.63, 3.8) is 0 Å². The summed E-state index contributed by atoms with van der Waals surface area (Å²) in [6.45, 7) is 1.83. The summed E-state index contributed by atoms with van der Waals surface area (Å²) in [6, 6.07) is 11.0. The van der Waals surface area contributed by atoms with Gasteiger partial charge in [0.15, 0.2) is 0 Å². The summed E-state index contributed by atoms with van der Waals surface area (Å²) >= 11 is 2.89. The molecule has 0 fully saturated rings. The fraction of sp³-hybridized carbons (Fsp3) is 0.143. The first-order chi connectivity index (χ1) is 8.88. The van der Waals surface area contributed by atoms with E-state index in [0.717, 1.165) is 11.6 Å². The highest BCUT2D eigenvalue weighted by Gasteiger charge is 2.33. The molecule has 1 nitrogen and oxygen atoms in total. The summed E-state index contributed by atoms with van der Waals surface area (Å²) in [5.74, 6) is 0.697. The molecule has 0 aliphatic carbocycles. The molecule has 0 saturated carbocycles. The fourth-order valence-corrected chi connectivity index (χ4v) is 2.05. The van der Waals surface area contributed by atoms with Gasteiger partial charge < -0.3 is 4.74 Å². The van der Waals surface area contributed by atoms with Gasteiger partial charge in [0.25, 0.3) is 0 Å². The Kier molecular flexibility index (Phi) is 3.85. The molecule has 0 aliphatic heterocycles. The van der Waals surface area contributed by atoms with E-state index in [9.17, 15) is 13.2 Å². The third-order valence-corrected chi connectivity index (χ3v) is 3.26. The molecule has 2 aromatic carbocycles. The minimum atomic E-state index is -4.41. The van der Waals surface area contributed by atoms with E-state index in [2.05, 4.69) is 15.9 Å². The Morgan fingerprint density at radius 1 is 1.05 bits per heavy atom. The smallest absolute Gasteiger partial charge is 0.417 e. The number of hydrogen-bond donors (Lipinski definition) is 0. The normalized spacial score (nSPS) is 11.4. The topological polar surface area (TPSA) is 9.23 Å². The third-order valence-electron chi connectivity index (χ3n) is 2.56. The van der Waals surface area contributed by atoms with Crippen molar-refractivity contribution in [3.05, 3.63) is 58.1 Å². The van der Waals surface area contributed by atoms with E-state index in [1.807, 2.05) is 19.1 Å². The Labute approximate surface area is 117 Å². The number of benzene rings is 2. The van der Waals surface area contributed by atoms with Gasteiger partial charge in [0.05, 0.1) is 5.56 Å². The highest BCUT2D eigenvalue weighted by molar-refractivity contribution is 9.10. The van der Waals surface area contributed by atoms with Gasteiger partial charge in [-0.05, 0) is 36.8 Å². The van der Waals surface area contributed by atoms with Crippen LogP contribution in [0.4, 0.5) is 13.2 Å². The maximum absolute atomic E-state index is 12.8. The Bertz CT molecular complexity index is 593. The zero-order valence-corrected chi connectivity index (χ0v) is 11.5. The van der Waals surface area contributed by atoms with E-state index in [0.29, 0.717) is 5.75 Å². The lowest BCUT2D eigenvalue weighted by Crippen LogP contribution is -2.06. The van der Waals surface area contributed by atoms with Crippen LogP contribution in [-0.2, 0) is 6.18 Å². The number of alkyl halides is 3. The van der Waals surface area contributed by atoms with Crippen molar-refractivity contribution >= 4 is 15.9 Å². The number of aryl methyl sites for hydroxylation is 1. The minimum Gasteiger partial charge on any atom is -0.457 e. The summed E-state index contributed by atoms with van der Waals surface area (Å²) in [5, 5.41) is 0. The molecular formula is C14H10BrF3O. The van der Waals surface area contributed by atoms with Gasteiger partial charge in [-0.3, -0.25) is 0 Å². The molecule has 2 aromatic rings. The van der Waals surface area contributed by atoms with Crippen LogP contribution in [0.5, 0.6) is 11.5 Å². The Hall–Kier alpha value is -1.49. The monoisotopic (exact) mass is 330 g/mol. The van der Waals surface area contributed by atoms with Crippen LogP contribution < -0.4 is 4.74 Å². The number of ether oxygens (including phenoxy) is 1. The minimum absolute atomic E-state index is 0.00265. The molecule has 2 rings (SSSR count). The Morgan fingerprint density at radius 3 is 2.37 bits per heavy atom. The lowest BCUT2D eigenvalue weighted by atomic mass is 10.2. The van der Waals surface area contributed by atoms with Crippen molar-refractivity contribution < 1.29 is 17.9 Å². The fourth-order valence-electron chi connectivity index (χ4n) is 1.58. The van der Waals surface area contributed by atoms with Gasteiger partial charge in [-0.1, -0.05) is 34.1 Å². The molecule has 0 spiro atoms. The van der Waals surface area contributed by atoms with Gasteiger partial charge in [-0.25, -0.2) is 0 Å². The molecule has 0 radical (unpaired) electrons. The summed E-state index contributed by atoms with van der Waals surface area (Å²) < 4.78 is 43.8. The van der Waals surface area contributed by atoms with Crippen molar-refractivity contribution in [1.82, 2.24) is 0 Å². The number of para-hydroxylation sites is 1. The van der Waals surface area contributed by atoms with Crippen LogP contribution in [-0.4, -0.2) is 0 Å². The second-order valence-electron chi connectivity index (χ2n) is 4.01. The van der Waals surface area contributed by atoms with Gasteiger partial charge in [0.1, 0.15) is 11.5 Å². The molecule has 0 amide bonds. The van der Waals surface area contributed by atoms with Crippen LogP contribution in [0.15, 0.2) is 46.9 Å². The second-order valence-corrected chi connectivity index (χ2v) is 4.86. The molecule has 0 unspecified atom stereocenters. The SMILES string of the molecule is Cc1ccccc1Oc1ccc(Br)c(C(F)(F)F)c1. The van der Waals surface area contributed by atoms with E-state index in [4.69, 9.17) is 4.74 Å². The number of halogens is 4. The lowest BCUT2D eigenvalue weighted by molar-refractivity contribution is -0.138. The first-order valence-corrected chi connectivity index (χ1v) is 6.27. The number of rotatable bonds is 2.